The second-order valence-corrected chi connectivity index (χ2v) is 4.50. The Morgan fingerprint density at radius 2 is 2.05 bits per heavy atom. The highest BCUT2D eigenvalue weighted by atomic mass is 16.5. The van der Waals surface area contributed by atoms with Crippen LogP contribution in [0.3, 0.4) is 0 Å². The summed E-state index contributed by atoms with van der Waals surface area (Å²) in [6.45, 7) is 6.00. The number of rotatable bonds is 8. The number of carbonyl (C=O) groups excluding carboxylic acids is 1. The second-order valence-electron chi connectivity index (χ2n) is 4.50. The van der Waals surface area contributed by atoms with Gasteiger partial charge in [0.2, 0.25) is 5.91 Å². The van der Waals surface area contributed by atoms with Crippen molar-refractivity contribution in [2.45, 2.75) is 33.1 Å². The van der Waals surface area contributed by atoms with Gasteiger partial charge in [0.05, 0.1) is 13.0 Å². The highest BCUT2D eigenvalue weighted by Crippen LogP contribution is 2.18. The first-order valence-electron chi connectivity index (χ1n) is 6.92. The van der Waals surface area contributed by atoms with E-state index < -0.39 is 0 Å². The number of carbonyl (C=O) groups is 1. The number of hydrogen-bond donors (Lipinski definition) is 1. The Labute approximate surface area is 115 Å². The molecule has 0 fully saturated rings. The predicted molar refractivity (Wildman–Crippen MR) is 79.2 cm³/mol. The Hall–Kier alpha value is -1.55. The van der Waals surface area contributed by atoms with Crippen molar-refractivity contribution in [3.63, 3.8) is 0 Å². The fraction of sp³-hybridized carbons (Fsp3) is 0.533. The van der Waals surface area contributed by atoms with Gasteiger partial charge >= 0.3 is 0 Å². The highest BCUT2D eigenvalue weighted by Gasteiger charge is 2.14. The molecule has 0 aliphatic carbocycles. The molecule has 106 valence electrons. The Morgan fingerprint density at radius 1 is 1.26 bits per heavy atom. The van der Waals surface area contributed by atoms with E-state index in [4.69, 9.17) is 10.5 Å². The summed E-state index contributed by atoms with van der Waals surface area (Å²) in [6.07, 6.45) is 2.30. The zero-order valence-electron chi connectivity index (χ0n) is 11.9. The van der Waals surface area contributed by atoms with Crippen LogP contribution in [-0.4, -0.2) is 25.7 Å². The number of ether oxygens (including phenoxy) is 1. The van der Waals surface area contributed by atoms with E-state index in [9.17, 15) is 4.79 Å². The van der Waals surface area contributed by atoms with Gasteiger partial charge in [0.25, 0.3) is 0 Å². The zero-order valence-corrected chi connectivity index (χ0v) is 11.9. The smallest absolute Gasteiger partial charge is 0.229 e. The second kappa shape index (κ2) is 8.53. The van der Waals surface area contributed by atoms with Gasteiger partial charge in [0.1, 0.15) is 0 Å². The van der Waals surface area contributed by atoms with E-state index in [1.165, 1.54) is 0 Å². The summed E-state index contributed by atoms with van der Waals surface area (Å²) in [5.74, 6) is 0.0866. The van der Waals surface area contributed by atoms with E-state index in [-0.39, 0.29) is 5.91 Å². The van der Waals surface area contributed by atoms with Crippen LogP contribution in [-0.2, 0) is 9.53 Å². The van der Waals surface area contributed by atoms with E-state index in [1.54, 1.807) is 4.90 Å². The third-order valence-corrected chi connectivity index (χ3v) is 2.74. The number of amides is 1. The van der Waals surface area contributed by atoms with Crippen LogP contribution in [0.2, 0.25) is 0 Å². The van der Waals surface area contributed by atoms with Crippen molar-refractivity contribution in [3.05, 3.63) is 24.3 Å². The van der Waals surface area contributed by atoms with Gasteiger partial charge in [-0.2, -0.15) is 0 Å². The maximum atomic E-state index is 12.2. The van der Waals surface area contributed by atoms with Crippen LogP contribution in [0.4, 0.5) is 11.4 Å². The van der Waals surface area contributed by atoms with Crippen molar-refractivity contribution in [2.24, 2.45) is 0 Å². The number of nitrogens with two attached hydrogens (primary N) is 1. The molecule has 0 bridgehead atoms. The molecule has 1 amide bonds. The van der Waals surface area contributed by atoms with Gasteiger partial charge in [-0.1, -0.05) is 19.9 Å². The van der Waals surface area contributed by atoms with Crippen LogP contribution in [0.5, 0.6) is 0 Å². The van der Waals surface area contributed by atoms with Crippen LogP contribution < -0.4 is 10.6 Å². The molecule has 0 spiro atoms. The molecule has 0 aliphatic rings. The van der Waals surface area contributed by atoms with E-state index >= 15 is 0 Å². The third kappa shape index (κ3) is 5.30. The molecule has 0 aromatic heterocycles. The molecule has 0 aliphatic heterocycles. The Kier molecular flexibility index (Phi) is 6.97. The average molecular weight is 264 g/mol. The first-order valence-corrected chi connectivity index (χ1v) is 6.92. The predicted octanol–water partition coefficient (Wildman–Crippen LogP) is 2.83. The number of hydrogen-bond acceptors (Lipinski definition) is 3. The lowest BCUT2D eigenvalue weighted by atomic mass is 10.2. The molecule has 1 aromatic carbocycles. The SMILES string of the molecule is CCCOCCC(=O)N(CCC)c1cccc(N)c1. The summed E-state index contributed by atoms with van der Waals surface area (Å²) in [4.78, 5) is 14.0. The minimum atomic E-state index is 0.0866. The number of nitrogens with zero attached hydrogens (tertiary/aromatic N) is 1. The molecular formula is C15H24N2O2. The van der Waals surface area contributed by atoms with Crippen LogP contribution in [0.15, 0.2) is 24.3 Å². The van der Waals surface area contributed by atoms with E-state index in [1.807, 2.05) is 24.3 Å². The van der Waals surface area contributed by atoms with Crippen molar-refractivity contribution < 1.29 is 9.53 Å². The first kappa shape index (κ1) is 15.5. The molecular weight excluding hydrogens is 240 g/mol. The van der Waals surface area contributed by atoms with Crippen molar-refractivity contribution in [2.75, 3.05) is 30.4 Å². The topological polar surface area (TPSA) is 55.6 Å². The van der Waals surface area contributed by atoms with Gasteiger partial charge < -0.3 is 15.4 Å². The molecule has 1 rings (SSSR count). The molecule has 0 saturated carbocycles. The van der Waals surface area contributed by atoms with Crippen LogP contribution >= 0.6 is 0 Å². The van der Waals surface area contributed by atoms with Crippen molar-refractivity contribution in [1.82, 2.24) is 0 Å². The summed E-state index contributed by atoms with van der Waals surface area (Å²) < 4.78 is 5.37. The normalized spacial score (nSPS) is 10.4. The van der Waals surface area contributed by atoms with Crippen LogP contribution in [0.1, 0.15) is 33.1 Å². The summed E-state index contributed by atoms with van der Waals surface area (Å²) in [7, 11) is 0. The molecule has 19 heavy (non-hydrogen) atoms. The van der Waals surface area contributed by atoms with Crippen LogP contribution in [0, 0.1) is 0 Å². The maximum absolute atomic E-state index is 12.2. The lowest BCUT2D eigenvalue weighted by molar-refractivity contribution is -0.119. The molecule has 2 N–H and O–H groups in total. The minimum absolute atomic E-state index is 0.0866. The van der Waals surface area contributed by atoms with Crippen molar-refractivity contribution in [1.29, 1.82) is 0 Å². The van der Waals surface area contributed by atoms with E-state index in [0.29, 0.717) is 31.9 Å². The minimum Gasteiger partial charge on any atom is -0.399 e. The summed E-state index contributed by atoms with van der Waals surface area (Å²) in [5, 5.41) is 0. The highest BCUT2D eigenvalue weighted by molar-refractivity contribution is 5.93. The van der Waals surface area contributed by atoms with E-state index in [2.05, 4.69) is 13.8 Å². The van der Waals surface area contributed by atoms with Gasteiger partial charge in [-0.15, -0.1) is 0 Å². The first-order chi connectivity index (χ1) is 9.19. The standard InChI is InChI=1S/C15H24N2O2/c1-3-9-17(14-7-5-6-13(16)12-14)15(18)8-11-19-10-4-2/h5-7,12H,3-4,8-11,16H2,1-2H3. The average Bonchev–Trinajstić information content (AvgIpc) is 2.40. The molecule has 0 unspecified atom stereocenters. The Bertz CT molecular complexity index is 393. The summed E-state index contributed by atoms with van der Waals surface area (Å²) >= 11 is 0. The zero-order chi connectivity index (χ0) is 14.1. The largest absolute Gasteiger partial charge is 0.399 e. The quantitative estimate of drug-likeness (QED) is 0.580. The lowest BCUT2D eigenvalue weighted by Gasteiger charge is -2.22. The Morgan fingerprint density at radius 3 is 2.68 bits per heavy atom. The third-order valence-electron chi connectivity index (χ3n) is 2.74. The summed E-state index contributed by atoms with van der Waals surface area (Å²) in [6, 6.07) is 7.44. The summed E-state index contributed by atoms with van der Waals surface area (Å²) in [5.41, 5.74) is 7.31. The van der Waals surface area contributed by atoms with Gasteiger partial charge in [-0.3, -0.25) is 4.79 Å². The van der Waals surface area contributed by atoms with Crippen molar-refractivity contribution >= 4 is 17.3 Å². The fourth-order valence-electron chi connectivity index (χ4n) is 1.85. The Balaban J connectivity index is 2.63. The van der Waals surface area contributed by atoms with Gasteiger partial charge in [0.15, 0.2) is 0 Å². The monoisotopic (exact) mass is 264 g/mol. The molecule has 0 atom stereocenters. The number of anilines is 2. The van der Waals surface area contributed by atoms with Gasteiger partial charge in [-0.05, 0) is 31.0 Å². The van der Waals surface area contributed by atoms with Gasteiger partial charge in [-0.25, -0.2) is 0 Å². The number of benzene rings is 1. The van der Waals surface area contributed by atoms with Gasteiger partial charge in [0, 0.05) is 24.5 Å². The molecule has 0 radical (unpaired) electrons. The maximum Gasteiger partial charge on any atom is 0.229 e. The fourth-order valence-corrected chi connectivity index (χ4v) is 1.85. The molecule has 4 nitrogen and oxygen atoms in total. The number of nitrogen functional groups attached to an aromatic ring is 1. The molecule has 0 heterocycles. The molecule has 0 saturated heterocycles. The van der Waals surface area contributed by atoms with E-state index in [0.717, 1.165) is 18.5 Å². The molecule has 1 aromatic rings. The van der Waals surface area contributed by atoms with Crippen molar-refractivity contribution in [3.8, 4) is 0 Å². The lowest BCUT2D eigenvalue weighted by Crippen LogP contribution is -2.32. The molecule has 4 heteroatoms. The van der Waals surface area contributed by atoms with Crippen LogP contribution in [0.25, 0.3) is 0 Å².